The van der Waals surface area contributed by atoms with Crippen molar-refractivity contribution >= 4 is 17.8 Å². The van der Waals surface area contributed by atoms with E-state index < -0.39 is 0 Å². The summed E-state index contributed by atoms with van der Waals surface area (Å²) in [4.78, 5) is 12.2. The molecule has 1 aromatic heterocycles. The van der Waals surface area contributed by atoms with E-state index in [1.165, 1.54) is 18.2 Å². The molecule has 3 aromatic rings. The molecule has 1 amide bonds. The molecule has 144 valence electrons. The zero-order valence-electron chi connectivity index (χ0n) is 15.6. The Morgan fingerprint density at radius 2 is 2.00 bits per heavy atom. The summed E-state index contributed by atoms with van der Waals surface area (Å²) in [7, 11) is 3.15. The van der Waals surface area contributed by atoms with Crippen molar-refractivity contribution in [3.05, 3.63) is 77.7 Å². The molecule has 1 heterocycles. The number of carbonyl (C=O) groups excluding carboxylic acids is 1. The second-order valence-corrected chi connectivity index (χ2v) is 5.90. The van der Waals surface area contributed by atoms with E-state index in [-0.39, 0.29) is 11.7 Å². The van der Waals surface area contributed by atoms with Crippen molar-refractivity contribution in [2.24, 2.45) is 0 Å². The molecule has 0 aliphatic carbocycles. The van der Waals surface area contributed by atoms with Gasteiger partial charge in [0.25, 0.3) is 0 Å². The van der Waals surface area contributed by atoms with Gasteiger partial charge in [0.15, 0.2) is 11.5 Å². The normalized spacial score (nSPS) is 10.8. The number of ether oxygens (including phenoxy) is 2. The van der Waals surface area contributed by atoms with E-state index in [0.29, 0.717) is 29.4 Å². The van der Waals surface area contributed by atoms with Gasteiger partial charge in [-0.05, 0) is 29.8 Å². The minimum atomic E-state index is -0.354. The van der Waals surface area contributed by atoms with Crippen LogP contribution in [0.2, 0.25) is 0 Å². The van der Waals surface area contributed by atoms with Crippen molar-refractivity contribution in [3.63, 3.8) is 0 Å². The number of nitrogens with one attached hydrogen (secondary N) is 1. The lowest BCUT2D eigenvalue weighted by Crippen LogP contribution is -2.14. The second-order valence-electron chi connectivity index (χ2n) is 5.90. The Bertz CT molecular complexity index is 998. The van der Waals surface area contributed by atoms with Crippen molar-refractivity contribution in [2.45, 2.75) is 6.54 Å². The van der Waals surface area contributed by atoms with Crippen LogP contribution >= 0.6 is 0 Å². The zero-order chi connectivity index (χ0) is 19.9. The first-order valence-corrected chi connectivity index (χ1v) is 8.57. The minimum Gasteiger partial charge on any atom is -0.493 e. The molecule has 0 unspecified atom stereocenters. The highest BCUT2D eigenvalue weighted by Crippen LogP contribution is 2.31. The van der Waals surface area contributed by atoms with E-state index in [4.69, 9.17) is 9.47 Å². The van der Waals surface area contributed by atoms with Gasteiger partial charge in [-0.15, -0.1) is 0 Å². The van der Waals surface area contributed by atoms with Gasteiger partial charge >= 0.3 is 0 Å². The van der Waals surface area contributed by atoms with Crippen LogP contribution in [0.3, 0.4) is 0 Å². The lowest BCUT2D eigenvalue weighted by molar-refractivity contribution is -0.111. The van der Waals surface area contributed by atoms with E-state index in [1.807, 2.05) is 18.2 Å². The Morgan fingerprint density at radius 1 is 1.18 bits per heavy atom. The van der Waals surface area contributed by atoms with Crippen molar-refractivity contribution in [1.82, 2.24) is 9.78 Å². The Morgan fingerprint density at radius 3 is 2.75 bits per heavy atom. The lowest BCUT2D eigenvalue weighted by Gasteiger charge is -2.14. The van der Waals surface area contributed by atoms with Gasteiger partial charge in [-0.25, -0.2) is 9.07 Å². The van der Waals surface area contributed by atoms with Crippen LogP contribution < -0.4 is 14.8 Å². The molecule has 28 heavy (non-hydrogen) atoms. The van der Waals surface area contributed by atoms with Gasteiger partial charge in [0.1, 0.15) is 11.6 Å². The number of hydrogen-bond acceptors (Lipinski definition) is 4. The Balaban J connectivity index is 1.73. The third kappa shape index (κ3) is 4.56. The summed E-state index contributed by atoms with van der Waals surface area (Å²) in [5.74, 6) is 1.06. The maximum Gasteiger partial charge on any atom is 0.249 e. The molecule has 6 nitrogen and oxygen atoms in total. The molecule has 0 atom stereocenters. The van der Waals surface area contributed by atoms with Gasteiger partial charge in [0.2, 0.25) is 5.91 Å². The standard InChI is InChI=1S/C21H20FN3O3/c1-27-18-8-4-6-16(21(18)28-2)14-25-19(11-12-23-25)24-20(26)10-9-15-5-3-7-17(22)13-15/h3-13H,14H2,1-2H3,(H,24,26)/b10-9+. The number of para-hydroxylation sites is 1. The van der Waals surface area contributed by atoms with Crippen molar-refractivity contribution < 1.29 is 18.7 Å². The second kappa shape index (κ2) is 8.85. The predicted octanol–water partition coefficient (Wildman–Crippen LogP) is 3.74. The molecule has 3 rings (SSSR count). The van der Waals surface area contributed by atoms with Crippen LogP contribution in [0, 0.1) is 5.82 Å². The number of hydrogen-bond donors (Lipinski definition) is 1. The Labute approximate surface area is 162 Å². The van der Waals surface area contributed by atoms with Gasteiger partial charge in [-0.2, -0.15) is 5.10 Å². The topological polar surface area (TPSA) is 65.4 Å². The van der Waals surface area contributed by atoms with E-state index in [0.717, 1.165) is 5.56 Å². The number of aromatic nitrogens is 2. The number of carbonyl (C=O) groups is 1. The van der Waals surface area contributed by atoms with E-state index in [2.05, 4.69) is 10.4 Å². The molecule has 2 aromatic carbocycles. The highest BCUT2D eigenvalue weighted by molar-refractivity contribution is 6.01. The third-order valence-electron chi connectivity index (χ3n) is 4.05. The first-order valence-electron chi connectivity index (χ1n) is 8.57. The summed E-state index contributed by atoms with van der Waals surface area (Å²) in [6.45, 7) is 0.386. The third-order valence-corrected chi connectivity index (χ3v) is 4.05. The quantitative estimate of drug-likeness (QED) is 0.633. The first kappa shape index (κ1) is 19.2. The molecule has 0 aliphatic rings. The molecule has 0 radical (unpaired) electrons. The van der Waals surface area contributed by atoms with Crippen LogP contribution in [0.4, 0.5) is 10.2 Å². The fourth-order valence-corrected chi connectivity index (χ4v) is 2.75. The fraction of sp³-hybridized carbons (Fsp3) is 0.143. The number of halogens is 1. The van der Waals surface area contributed by atoms with E-state index >= 15 is 0 Å². The van der Waals surface area contributed by atoms with Crippen LogP contribution in [-0.2, 0) is 11.3 Å². The van der Waals surface area contributed by atoms with E-state index in [1.54, 1.807) is 49.4 Å². The van der Waals surface area contributed by atoms with Gasteiger partial charge in [-0.1, -0.05) is 24.3 Å². The molecule has 7 heteroatoms. The predicted molar refractivity (Wildman–Crippen MR) is 105 cm³/mol. The molecule has 0 bridgehead atoms. The summed E-state index contributed by atoms with van der Waals surface area (Å²) < 4.78 is 25.6. The van der Waals surface area contributed by atoms with Crippen LogP contribution in [0.1, 0.15) is 11.1 Å². The molecule has 0 saturated carbocycles. The molecule has 0 fully saturated rings. The number of rotatable bonds is 7. The van der Waals surface area contributed by atoms with Crippen molar-refractivity contribution in [3.8, 4) is 11.5 Å². The highest BCUT2D eigenvalue weighted by atomic mass is 19.1. The molecular weight excluding hydrogens is 361 g/mol. The fourth-order valence-electron chi connectivity index (χ4n) is 2.75. The summed E-state index contributed by atoms with van der Waals surface area (Å²) in [6, 6.07) is 13.3. The number of nitrogens with zero attached hydrogens (tertiary/aromatic N) is 2. The monoisotopic (exact) mass is 381 g/mol. The smallest absolute Gasteiger partial charge is 0.249 e. The molecule has 0 saturated heterocycles. The largest absolute Gasteiger partial charge is 0.493 e. The summed E-state index contributed by atoms with van der Waals surface area (Å²) in [5, 5.41) is 7.03. The number of methoxy groups -OCH3 is 2. The maximum atomic E-state index is 13.2. The van der Waals surface area contributed by atoms with Crippen LogP contribution in [0.25, 0.3) is 6.08 Å². The van der Waals surface area contributed by atoms with E-state index in [9.17, 15) is 9.18 Å². The van der Waals surface area contributed by atoms with Gasteiger partial charge in [0.05, 0.1) is 27.0 Å². The van der Waals surface area contributed by atoms with Crippen LogP contribution in [0.15, 0.2) is 60.8 Å². The maximum absolute atomic E-state index is 13.2. The number of anilines is 1. The average molecular weight is 381 g/mol. The number of benzene rings is 2. The summed E-state index contributed by atoms with van der Waals surface area (Å²) in [5.41, 5.74) is 1.46. The molecule has 0 spiro atoms. The minimum absolute atomic E-state index is 0.344. The van der Waals surface area contributed by atoms with Gasteiger partial charge < -0.3 is 14.8 Å². The summed E-state index contributed by atoms with van der Waals surface area (Å²) >= 11 is 0. The van der Waals surface area contributed by atoms with Crippen LogP contribution in [0.5, 0.6) is 11.5 Å². The highest BCUT2D eigenvalue weighted by Gasteiger charge is 2.12. The van der Waals surface area contributed by atoms with Gasteiger partial charge in [0, 0.05) is 17.7 Å². The number of amides is 1. The lowest BCUT2D eigenvalue weighted by atomic mass is 10.2. The summed E-state index contributed by atoms with van der Waals surface area (Å²) in [6.07, 6.45) is 4.49. The first-order chi connectivity index (χ1) is 13.6. The van der Waals surface area contributed by atoms with Crippen molar-refractivity contribution in [1.29, 1.82) is 0 Å². The molecule has 1 N–H and O–H groups in total. The SMILES string of the molecule is COc1cccc(Cn2nccc2NC(=O)/C=C/c2cccc(F)c2)c1OC. The zero-order valence-corrected chi connectivity index (χ0v) is 15.6. The molecular formula is C21H20FN3O3. The van der Waals surface area contributed by atoms with Crippen LogP contribution in [-0.4, -0.2) is 29.9 Å². The Hall–Kier alpha value is -3.61. The molecule has 0 aliphatic heterocycles. The average Bonchev–Trinajstić information content (AvgIpc) is 3.12. The van der Waals surface area contributed by atoms with Gasteiger partial charge in [-0.3, -0.25) is 4.79 Å². The Kier molecular flexibility index (Phi) is 6.06. The van der Waals surface area contributed by atoms with Crippen molar-refractivity contribution in [2.75, 3.05) is 19.5 Å².